The Morgan fingerprint density at radius 2 is 2.00 bits per heavy atom. The standard InChI is InChI=1S/C8H12F3NO.C2H6/c9-8(10)4-7(6-13-11)2-1-3-12(7)5-8;1-2/h1-6H2;1-2H3. The van der Waals surface area contributed by atoms with Gasteiger partial charge in [0.05, 0.1) is 12.1 Å². The lowest BCUT2D eigenvalue weighted by molar-refractivity contribution is -0.162. The first kappa shape index (κ1) is 12.8. The molecule has 5 heteroatoms. The van der Waals surface area contributed by atoms with E-state index in [-0.39, 0.29) is 19.6 Å². The Balaban J connectivity index is 0.000000531. The van der Waals surface area contributed by atoms with Gasteiger partial charge in [0.25, 0.3) is 5.92 Å². The summed E-state index contributed by atoms with van der Waals surface area (Å²) in [6.07, 6.45) is 1.22. The zero-order valence-corrected chi connectivity index (χ0v) is 9.23. The van der Waals surface area contributed by atoms with Gasteiger partial charge in [-0.15, -0.1) is 0 Å². The van der Waals surface area contributed by atoms with Crippen molar-refractivity contribution in [2.45, 2.75) is 44.6 Å². The first-order valence-corrected chi connectivity index (χ1v) is 5.44. The zero-order valence-electron chi connectivity index (χ0n) is 9.23. The molecular formula is C10H18F3NO. The van der Waals surface area contributed by atoms with Crippen LogP contribution in [0.4, 0.5) is 13.3 Å². The van der Waals surface area contributed by atoms with Crippen LogP contribution < -0.4 is 0 Å². The minimum absolute atomic E-state index is 0.220. The molecule has 0 spiro atoms. The number of alkyl halides is 2. The SMILES string of the molecule is CC.FOCC12CCCN1CC(F)(F)C2. The molecule has 2 aliphatic rings. The van der Waals surface area contributed by atoms with Crippen LogP contribution in [0.25, 0.3) is 0 Å². The van der Waals surface area contributed by atoms with Crippen molar-refractivity contribution in [2.75, 3.05) is 19.7 Å². The van der Waals surface area contributed by atoms with Gasteiger partial charge in [-0.2, -0.15) is 4.94 Å². The van der Waals surface area contributed by atoms with Gasteiger partial charge in [-0.05, 0) is 23.9 Å². The van der Waals surface area contributed by atoms with Crippen LogP contribution in [0.1, 0.15) is 33.1 Å². The van der Waals surface area contributed by atoms with Gasteiger partial charge in [-0.1, -0.05) is 13.8 Å². The second-order valence-corrected chi connectivity index (χ2v) is 4.04. The maximum atomic E-state index is 13.0. The third kappa shape index (κ3) is 2.45. The second kappa shape index (κ2) is 4.70. The Bertz CT molecular complexity index is 213. The number of hydrogen-bond donors (Lipinski definition) is 0. The van der Waals surface area contributed by atoms with Gasteiger partial charge in [0.1, 0.15) is 6.61 Å². The highest BCUT2D eigenvalue weighted by molar-refractivity contribution is 5.06. The second-order valence-electron chi connectivity index (χ2n) is 4.04. The summed E-state index contributed by atoms with van der Waals surface area (Å²) >= 11 is 0. The van der Waals surface area contributed by atoms with Gasteiger partial charge < -0.3 is 0 Å². The maximum absolute atomic E-state index is 13.0. The fraction of sp³-hybridized carbons (Fsp3) is 1.00. The number of hydrogen-bond acceptors (Lipinski definition) is 2. The van der Waals surface area contributed by atoms with Gasteiger partial charge >= 0.3 is 0 Å². The minimum atomic E-state index is -2.67. The van der Waals surface area contributed by atoms with E-state index in [1.807, 2.05) is 13.8 Å². The number of halogens is 3. The number of rotatable bonds is 2. The molecule has 2 heterocycles. The lowest BCUT2D eigenvalue weighted by Crippen LogP contribution is -2.41. The molecule has 0 amide bonds. The summed E-state index contributed by atoms with van der Waals surface area (Å²) in [5, 5.41) is 0. The minimum Gasteiger partial charge on any atom is -0.289 e. The Kier molecular flexibility index (Phi) is 4.00. The summed E-state index contributed by atoms with van der Waals surface area (Å²) in [5.74, 6) is -2.67. The van der Waals surface area contributed by atoms with Crippen LogP contribution in [0.2, 0.25) is 0 Å². The van der Waals surface area contributed by atoms with Crippen molar-refractivity contribution in [1.82, 2.24) is 4.90 Å². The molecule has 0 radical (unpaired) electrons. The molecule has 2 rings (SSSR count). The van der Waals surface area contributed by atoms with E-state index >= 15 is 0 Å². The van der Waals surface area contributed by atoms with Gasteiger partial charge in [-0.3, -0.25) is 4.90 Å². The molecule has 0 saturated carbocycles. The van der Waals surface area contributed by atoms with Crippen molar-refractivity contribution < 1.29 is 18.2 Å². The summed E-state index contributed by atoms with van der Waals surface area (Å²) in [4.78, 5) is 5.21. The molecule has 0 N–H and O–H groups in total. The van der Waals surface area contributed by atoms with Crippen LogP contribution in [0.3, 0.4) is 0 Å². The molecule has 2 fully saturated rings. The quantitative estimate of drug-likeness (QED) is 0.716. The van der Waals surface area contributed by atoms with E-state index < -0.39 is 11.5 Å². The first-order chi connectivity index (χ1) is 7.08. The predicted molar refractivity (Wildman–Crippen MR) is 51.5 cm³/mol. The predicted octanol–water partition coefficient (Wildman–Crippen LogP) is 2.79. The highest BCUT2D eigenvalue weighted by Crippen LogP contribution is 2.45. The van der Waals surface area contributed by atoms with E-state index in [1.54, 1.807) is 4.90 Å². The Labute approximate surface area is 88.3 Å². The first-order valence-electron chi connectivity index (χ1n) is 5.44. The Morgan fingerprint density at radius 3 is 2.60 bits per heavy atom. The van der Waals surface area contributed by atoms with Crippen molar-refractivity contribution in [2.24, 2.45) is 0 Å². The summed E-state index contributed by atoms with van der Waals surface area (Å²) < 4.78 is 37.8. The molecule has 0 aromatic heterocycles. The van der Waals surface area contributed by atoms with Crippen molar-refractivity contribution in [3.63, 3.8) is 0 Å². The van der Waals surface area contributed by atoms with Crippen molar-refractivity contribution in [3.8, 4) is 0 Å². The largest absolute Gasteiger partial charge is 0.289 e. The summed E-state index contributed by atoms with van der Waals surface area (Å²) in [7, 11) is 0. The molecule has 2 nitrogen and oxygen atoms in total. The Morgan fingerprint density at radius 1 is 1.33 bits per heavy atom. The van der Waals surface area contributed by atoms with Crippen LogP contribution >= 0.6 is 0 Å². The summed E-state index contributed by atoms with van der Waals surface area (Å²) in [5.41, 5.74) is -0.724. The lowest BCUT2D eigenvalue weighted by atomic mass is 9.94. The van der Waals surface area contributed by atoms with E-state index in [0.717, 1.165) is 6.42 Å². The van der Waals surface area contributed by atoms with Crippen molar-refractivity contribution in [1.29, 1.82) is 0 Å². The summed E-state index contributed by atoms with van der Waals surface area (Å²) in [6, 6.07) is 0. The smallest absolute Gasteiger partial charge is 0.262 e. The van der Waals surface area contributed by atoms with Gasteiger partial charge in [0.2, 0.25) is 0 Å². The van der Waals surface area contributed by atoms with Gasteiger partial charge in [0, 0.05) is 6.42 Å². The van der Waals surface area contributed by atoms with Gasteiger partial charge in [0.15, 0.2) is 0 Å². The topological polar surface area (TPSA) is 12.5 Å². The van der Waals surface area contributed by atoms with Crippen LogP contribution in [0.5, 0.6) is 0 Å². The van der Waals surface area contributed by atoms with Crippen LogP contribution in [-0.2, 0) is 4.94 Å². The van der Waals surface area contributed by atoms with E-state index in [0.29, 0.717) is 13.0 Å². The fourth-order valence-electron chi connectivity index (χ4n) is 2.57. The molecule has 2 aliphatic heterocycles. The third-order valence-corrected chi connectivity index (χ3v) is 3.07. The molecule has 1 unspecified atom stereocenters. The molecule has 90 valence electrons. The molecule has 1 atom stereocenters. The lowest BCUT2D eigenvalue weighted by Gasteiger charge is -2.28. The van der Waals surface area contributed by atoms with Crippen LogP contribution in [0, 0.1) is 0 Å². The molecule has 0 bridgehead atoms. The van der Waals surface area contributed by atoms with Crippen molar-refractivity contribution in [3.05, 3.63) is 0 Å². The highest BCUT2D eigenvalue weighted by Gasteiger charge is 2.56. The van der Waals surface area contributed by atoms with E-state index in [4.69, 9.17) is 0 Å². The normalized spacial score (nSPS) is 33.4. The molecule has 15 heavy (non-hydrogen) atoms. The average molecular weight is 225 g/mol. The molecule has 2 saturated heterocycles. The fourth-order valence-corrected chi connectivity index (χ4v) is 2.57. The van der Waals surface area contributed by atoms with E-state index in [1.165, 1.54) is 0 Å². The molecule has 0 aliphatic carbocycles. The summed E-state index contributed by atoms with van der Waals surface area (Å²) in [6.45, 7) is 4.18. The monoisotopic (exact) mass is 225 g/mol. The maximum Gasteiger partial charge on any atom is 0.262 e. The number of nitrogens with zero attached hydrogens (tertiary/aromatic N) is 1. The van der Waals surface area contributed by atoms with E-state index in [9.17, 15) is 13.3 Å². The molecule has 0 aromatic carbocycles. The third-order valence-electron chi connectivity index (χ3n) is 3.07. The average Bonchev–Trinajstić information content (AvgIpc) is 2.60. The molecular weight excluding hydrogens is 207 g/mol. The van der Waals surface area contributed by atoms with Gasteiger partial charge in [-0.25, -0.2) is 8.78 Å². The Hall–Kier alpha value is -0.290. The molecule has 0 aromatic rings. The van der Waals surface area contributed by atoms with E-state index in [2.05, 4.69) is 4.94 Å². The van der Waals surface area contributed by atoms with Crippen LogP contribution in [-0.4, -0.2) is 36.1 Å². The van der Waals surface area contributed by atoms with Crippen LogP contribution in [0.15, 0.2) is 0 Å². The number of fused-ring (bicyclic) bond motifs is 1. The highest BCUT2D eigenvalue weighted by atomic mass is 19.3. The zero-order chi connectivity index (χ0) is 11.5. The van der Waals surface area contributed by atoms with Crippen molar-refractivity contribution >= 4 is 0 Å².